The highest BCUT2D eigenvalue weighted by Crippen LogP contribution is 2.26. The van der Waals surface area contributed by atoms with Gasteiger partial charge in [0.05, 0.1) is 0 Å². The number of benzene rings is 2. The molecule has 23 heavy (non-hydrogen) atoms. The van der Waals surface area contributed by atoms with Gasteiger partial charge >= 0.3 is 0 Å². The van der Waals surface area contributed by atoms with Gasteiger partial charge in [-0.15, -0.1) is 0 Å². The van der Waals surface area contributed by atoms with Gasteiger partial charge in [0.2, 0.25) is 0 Å². The van der Waals surface area contributed by atoms with Crippen molar-refractivity contribution in [2.75, 3.05) is 6.54 Å². The maximum Gasteiger partial charge on any atom is 0.269 e. The van der Waals surface area contributed by atoms with Crippen LogP contribution in [0.25, 0.3) is 0 Å². The molecule has 0 spiro atoms. The SMILES string of the molecule is O=C(NCCc1ccc(O)cc1)C1=NO[C@H](c2ccccc2)C1. The van der Waals surface area contributed by atoms with Crippen LogP contribution in [0.4, 0.5) is 0 Å². The van der Waals surface area contributed by atoms with Gasteiger partial charge in [0.25, 0.3) is 5.91 Å². The Morgan fingerprint density at radius 2 is 1.91 bits per heavy atom. The zero-order chi connectivity index (χ0) is 16.1. The van der Waals surface area contributed by atoms with E-state index in [2.05, 4.69) is 10.5 Å². The van der Waals surface area contributed by atoms with E-state index >= 15 is 0 Å². The molecule has 0 bridgehead atoms. The highest BCUT2D eigenvalue weighted by atomic mass is 16.6. The molecule has 2 N–H and O–H groups in total. The number of rotatable bonds is 5. The molecule has 5 nitrogen and oxygen atoms in total. The molecule has 3 rings (SSSR count). The Balaban J connectivity index is 1.47. The van der Waals surface area contributed by atoms with E-state index in [1.807, 2.05) is 42.5 Å². The van der Waals surface area contributed by atoms with Gasteiger partial charge in [-0.05, 0) is 29.7 Å². The van der Waals surface area contributed by atoms with Crippen LogP contribution >= 0.6 is 0 Å². The summed E-state index contributed by atoms with van der Waals surface area (Å²) in [6.45, 7) is 0.513. The summed E-state index contributed by atoms with van der Waals surface area (Å²) in [6, 6.07) is 16.7. The van der Waals surface area contributed by atoms with Gasteiger partial charge in [0.1, 0.15) is 11.5 Å². The number of nitrogens with zero attached hydrogens (tertiary/aromatic N) is 1. The lowest BCUT2D eigenvalue weighted by atomic mass is 10.0. The fourth-order valence-corrected chi connectivity index (χ4v) is 2.44. The van der Waals surface area contributed by atoms with Gasteiger partial charge in [-0.2, -0.15) is 0 Å². The van der Waals surface area contributed by atoms with Crippen LogP contribution in [0, 0.1) is 0 Å². The number of carbonyl (C=O) groups excluding carboxylic acids is 1. The first-order valence-corrected chi connectivity index (χ1v) is 7.56. The summed E-state index contributed by atoms with van der Waals surface area (Å²) in [5.41, 5.74) is 2.49. The molecule has 5 heteroatoms. The first-order valence-electron chi connectivity index (χ1n) is 7.56. The quantitative estimate of drug-likeness (QED) is 0.891. The Morgan fingerprint density at radius 1 is 1.17 bits per heavy atom. The van der Waals surface area contributed by atoms with E-state index in [-0.39, 0.29) is 17.8 Å². The second kappa shape index (κ2) is 6.96. The first kappa shape index (κ1) is 15.1. The molecule has 0 saturated carbocycles. The number of hydrogen-bond acceptors (Lipinski definition) is 4. The third-order valence-electron chi connectivity index (χ3n) is 3.74. The second-order valence-corrected chi connectivity index (χ2v) is 5.42. The minimum atomic E-state index is -0.192. The van der Waals surface area contributed by atoms with Crippen molar-refractivity contribution in [1.29, 1.82) is 0 Å². The third-order valence-corrected chi connectivity index (χ3v) is 3.74. The van der Waals surface area contributed by atoms with Crippen molar-refractivity contribution in [3.05, 3.63) is 65.7 Å². The Labute approximate surface area is 134 Å². The molecule has 1 heterocycles. The van der Waals surface area contributed by atoms with Crippen molar-refractivity contribution in [3.8, 4) is 5.75 Å². The van der Waals surface area contributed by atoms with E-state index in [0.717, 1.165) is 11.1 Å². The summed E-state index contributed by atoms with van der Waals surface area (Å²) in [7, 11) is 0. The number of phenolic OH excluding ortho intramolecular Hbond substituents is 1. The fourth-order valence-electron chi connectivity index (χ4n) is 2.44. The van der Waals surface area contributed by atoms with Gasteiger partial charge in [-0.3, -0.25) is 4.79 Å². The molecule has 2 aromatic carbocycles. The molecule has 0 unspecified atom stereocenters. The standard InChI is InChI=1S/C18H18N2O3/c21-15-8-6-13(7-9-15)10-11-19-18(22)16-12-17(23-20-16)14-4-2-1-3-5-14/h1-9,17,21H,10-12H2,(H,19,22)/t17-/m0/s1. The number of amides is 1. The predicted octanol–water partition coefficient (Wildman–Crippen LogP) is 2.57. The van der Waals surface area contributed by atoms with Crippen LogP contribution in [0.2, 0.25) is 0 Å². The van der Waals surface area contributed by atoms with Crippen molar-refractivity contribution in [3.63, 3.8) is 0 Å². The zero-order valence-electron chi connectivity index (χ0n) is 12.6. The lowest BCUT2D eigenvalue weighted by molar-refractivity contribution is -0.114. The van der Waals surface area contributed by atoms with Crippen LogP contribution in [-0.4, -0.2) is 23.3 Å². The highest BCUT2D eigenvalue weighted by Gasteiger charge is 2.26. The number of oxime groups is 1. The van der Waals surface area contributed by atoms with E-state index in [4.69, 9.17) is 4.84 Å². The van der Waals surface area contributed by atoms with Crippen molar-refractivity contribution in [2.24, 2.45) is 5.16 Å². The summed E-state index contributed by atoms with van der Waals surface area (Å²) in [5, 5.41) is 16.0. The van der Waals surface area contributed by atoms with E-state index < -0.39 is 0 Å². The van der Waals surface area contributed by atoms with E-state index in [9.17, 15) is 9.90 Å². The Kier molecular flexibility index (Phi) is 4.57. The van der Waals surface area contributed by atoms with E-state index in [1.165, 1.54) is 0 Å². The molecule has 0 aromatic heterocycles. The third kappa shape index (κ3) is 3.88. The number of hydrogen-bond donors (Lipinski definition) is 2. The average molecular weight is 310 g/mol. The summed E-state index contributed by atoms with van der Waals surface area (Å²) >= 11 is 0. The monoisotopic (exact) mass is 310 g/mol. The summed E-state index contributed by atoms with van der Waals surface area (Å²) in [5.74, 6) is 0.0457. The molecule has 0 fully saturated rings. The van der Waals surface area contributed by atoms with Gasteiger partial charge < -0.3 is 15.3 Å². The molecular formula is C18H18N2O3. The Morgan fingerprint density at radius 3 is 2.65 bits per heavy atom. The average Bonchev–Trinajstić information content (AvgIpc) is 3.07. The van der Waals surface area contributed by atoms with Crippen molar-refractivity contribution in [1.82, 2.24) is 5.32 Å². The highest BCUT2D eigenvalue weighted by molar-refractivity contribution is 6.39. The number of nitrogens with one attached hydrogen (secondary N) is 1. The minimum absolute atomic E-state index is 0.186. The molecule has 0 saturated heterocycles. The lowest BCUT2D eigenvalue weighted by Crippen LogP contribution is -2.32. The van der Waals surface area contributed by atoms with Crippen LogP contribution in [-0.2, 0) is 16.1 Å². The fraction of sp³-hybridized carbons (Fsp3) is 0.222. The molecule has 2 aromatic rings. The van der Waals surface area contributed by atoms with Gasteiger partial charge in [0, 0.05) is 13.0 Å². The maximum absolute atomic E-state index is 12.1. The molecule has 1 aliphatic heterocycles. The minimum Gasteiger partial charge on any atom is -0.508 e. The first-order chi connectivity index (χ1) is 11.2. The van der Waals surface area contributed by atoms with Crippen LogP contribution < -0.4 is 5.32 Å². The Bertz CT molecular complexity index is 696. The molecule has 0 radical (unpaired) electrons. The molecule has 1 amide bonds. The van der Waals surface area contributed by atoms with Gasteiger partial charge in [-0.1, -0.05) is 47.6 Å². The smallest absolute Gasteiger partial charge is 0.269 e. The maximum atomic E-state index is 12.1. The molecule has 118 valence electrons. The number of phenols is 1. The predicted molar refractivity (Wildman–Crippen MR) is 87.1 cm³/mol. The number of carbonyl (C=O) groups is 1. The zero-order valence-corrected chi connectivity index (χ0v) is 12.6. The van der Waals surface area contributed by atoms with Crippen LogP contribution in [0.1, 0.15) is 23.7 Å². The Hall–Kier alpha value is -2.82. The topological polar surface area (TPSA) is 70.9 Å². The number of aromatic hydroxyl groups is 1. The van der Waals surface area contributed by atoms with E-state index in [1.54, 1.807) is 12.1 Å². The van der Waals surface area contributed by atoms with E-state index in [0.29, 0.717) is 25.1 Å². The second-order valence-electron chi connectivity index (χ2n) is 5.42. The summed E-state index contributed by atoms with van der Waals surface area (Å²) in [6.07, 6.45) is 0.992. The lowest BCUT2D eigenvalue weighted by Gasteiger charge is -2.07. The molecular weight excluding hydrogens is 292 g/mol. The normalized spacial score (nSPS) is 16.5. The van der Waals surface area contributed by atoms with Gasteiger partial charge in [0.15, 0.2) is 6.10 Å². The van der Waals surface area contributed by atoms with Crippen LogP contribution in [0.5, 0.6) is 5.75 Å². The molecule has 0 aliphatic carbocycles. The van der Waals surface area contributed by atoms with Crippen molar-refractivity contribution >= 4 is 11.6 Å². The van der Waals surface area contributed by atoms with Crippen molar-refractivity contribution < 1.29 is 14.7 Å². The summed E-state index contributed by atoms with van der Waals surface area (Å²) in [4.78, 5) is 17.5. The van der Waals surface area contributed by atoms with Crippen LogP contribution in [0.3, 0.4) is 0 Å². The molecule has 1 aliphatic rings. The largest absolute Gasteiger partial charge is 0.508 e. The molecule has 1 atom stereocenters. The van der Waals surface area contributed by atoms with Crippen LogP contribution in [0.15, 0.2) is 59.8 Å². The van der Waals surface area contributed by atoms with Gasteiger partial charge in [-0.25, -0.2) is 0 Å². The summed E-state index contributed by atoms with van der Waals surface area (Å²) < 4.78 is 0. The van der Waals surface area contributed by atoms with Crippen molar-refractivity contribution in [2.45, 2.75) is 18.9 Å².